The van der Waals surface area contributed by atoms with Crippen LogP contribution in [0, 0.1) is 0 Å². The summed E-state index contributed by atoms with van der Waals surface area (Å²) in [6.07, 6.45) is 1.87. The van der Waals surface area contributed by atoms with Crippen LogP contribution >= 0.6 is 34.8 Å². The summed E-state index contributed by atoms with van der Waals surface area (Å²) in [4.78, 5) is 28.6. The fraction of sp³-hybridized carbons (Fsp3) is 0.286. The van der Waals surface area contributed by atoms with E-state index in [4.69, 9.17) is 34.8 Å². The first-order valence-electron chi connectivity index (χ1n) is 11.7. The maximum atomic E-state index is 13.7. The van der Waals surface area contributed by atoms with Crippen molar-refractivity contribution in [2.75, 3.05) is 6.54 Å². The molecular formula is C28H29Cl3N2O2. The average Bonchev–Trinajstić information content (AvgIpc) is 2.85. The number of aryl methyl sites for hydroxylation is 1. The lowest BCUT2D eigenvalue weighted by Crippen LogP contribution is -2.50. The summed E-state index contributed by atoms with van der Waals surface area (Å²) in [5.74, 6) is -0.338. The average molecular weight is 532 g/mol. The monoisotopic (exact) mass is 530 g/mol. The van der Waals surface area contributed by atoms with Gasteiger partial charge in [0.2, 0.25) is 11.8 Å². The zero-order valence-corrected chi connectivity index (χ0v) is 21.9. The van der Waals surface area contributed by atoms with Crippen molar-refractivity contribution in [2.24, 2.45) is 0 Å². The number of carbonyl (C=O) groups is 2. The molecule has 3 aromatic rings. The number of benzene rings is 3. The fourth-order valence-corrected chi connectivity index (χ4v) is 4.54. The zero-order chi connectivity index (χ0) is 25.2. The van der Waals surface area contributed by atoms with Crippen LogP contribution in [0.3, 0.4) is 0 Å². The molecule has 0 saturated heterocycles. The smallest absolute Gasteiger partial charge is 0.243 e. The Morgan fingerprint density at radius 2 is 1.60 bits per heavy atom. The molecule has 0 bridgehead atoms. The molecule has 2 amide bonds. The SMILES string of the molecule is CCCNC(=O)C(Cc1ccccc1)N(Cc1ccc(Cl)cc1Cl)C(=O)CCc1ccccc1Cl. The maximum absolute atomic E-state index is 13.7. The number of hydrogen-bond acceptors (Lipinski definition) is 2. The Morgan fingerprint density at radius 3 is 2.29 bits per heavy atom. The van der Waals surface area contributed by atoms with Crippen LogP contribution in [-0.2, 0) is 29.0 Å². The van der Waals surface area contributed by atoms with Crippen molar-refractivity contribution in [3.05, 3.63) is 105 Å². The third-order valence-electron chi connectivity index (χ3n) is 5.74. The normalized spacial score (nSPS) is 11.7. The minimum Gasteiger partial charge on any atom is -0.354 e. The van der Waals surface area contributed by atoms with E-state index in [9.17, 15) is 9.59 Å². The van der Waals surface area contributed by atoms with Crippen LogP contribution in [0.15, 0.2) is 72.8 Å². The van der Waals surface area contributed by atoms with Crippen molar-refractivity contribution in [1.82, 2.24) is 10.2 Å². The number of nitrogens with zero attached hydrogens (tertiary/aromatic N) is 1. The third-order valence-corrected chi connectivity index (χ3v) is 6.70. The molecule has 0 fully saturated rings. The van der Waals surface area contributed by atoms with Gasteiger partial charge in [-0.2, -0.15) is 0 Å². The molecule has 0 aromatic heterocycles. The number of rotatable bonds is 11. The molecule has 184 valence electrons. The highest BCUT2D eigenvalue weighted by molar-refractivity contribution is 6.35. The van der Waals surface area contributed by atoms with E-state index in [1.54, 1.807) is 23.1 Å². The van der Waals surface area contributed by atoms with Gasteiger partial charge in [0, 0.05) is 41.0 Å². The molecule has 0 spiro atoms. The van der Waals surface area contributed by atoms with Gasteiger partial charge in [0.1, 0.15) is 6.04 Å². The van der Waals surface area contributed by atoms with Gasteiger partial charge in [0.25, 0.3) is 0 Å². The highest BCUT2D eigenvalue weighted by Crippen LogP contribution is 2.25. The van der Waals surface area contributed by atoms with Gasteiger partial charge in [0.05, 0.1) is 0 Å². The van der Waals surface area contributed by atoms with Crippen molar-refractivity contribution in [2.45, 2.75) is 45.2 Å². The molecule has 0 saturated carbocycles. The van der Waals surface area contributed by atoms with Gasteiger partial charge >= 0.3 is 0 Å². The molecule has 0 aliphatic rings. The van der Waals surface area contributed by atoms with E-state index in [-0.39, 0.29) is 24.8 Å². The second kappa shape index (κ2) is 13.5. The predicted molar refractivity (Wildman–Crippen MR) is 144 cm³/mol. The van der Waals surface area contributed by atoms with E-state index in [2.05, 4.69) is 5.32 Å². The van der Waals surface area contributed by atoms with Gasteiger partial charge in [-0.3, -0.25) is 9.59 Å². The van der Waals surface area contributed by atoms with E-state index >= 15 is 0 Å². The third kappa shape index (κ3) is 7.99. The van der Waals surface area contributed by atoms with Crippen LogP contribution < -0.4 is 5.32 Å². The first kappa shape index (κ1) is 27.1. The summed E-state index contributed by atoms with van der Waals surface area (Å²) < 4.78 is 0. The second-order valence-electron chi connectivity index (χ2n) is 8.35. The Hall–Kier alpha value is -2.53. The standard InChI is InChI=1S/C28H29Cl3N2O2/c1-2-16-32-28(35)26(17-20-8-4-3-5-9-20)33(19-22-12-14-23(29)18-25(22)31)27(34)15-13-21-10-6-7-11-24(21)30/h3-12,14,18,26H,2,13,15-17,19H2,1H3,(H,32,35). The Labute approximate surface area is 222 Å². The summed E-state index contributed by atoms with van der Waals surface area (Å²) in [6, 6.07) is 21.6. The largest absolute Gasteiger partial charge is 0.354 e. The lowest BCUT2D eigenvalue weighted by Gasteiger charge is -2.32. The number of halogens is 3. The fourth-order valence-electron chi connectivity index (χ4n) is 3.84. The Bertz CT molecular complexity index is 1140. The lowest BCUT2D eigenvalue weighted by molar-refractivity contribution is -0.141. The lowest BCUT2D eigenvalue weighted by atomic mass is 10.0. The molecule has 1 unspecified atom stereocenters. The van der Waals surface area contributed by atoms with E-state index in [1.807, 2.05) is 61.5 Å². The molecule has 3 aromatic carbocycles. The van der Waals surface area contributed by atoms with Crippen molar-refractivity contribution >= 4 is 46.6 Å². The molecule has 7 heteroatoms. The maximum Gasteiger partial charge on any atom is 0.243 e. The molecule has 0 aliphatic heterocycles. The second-order valence-corrected chi connectivity index (χ2v) is 9.60. The van der Waals surface area contributed by atoms with Crippen LogP contribution in [0.5, 0.6) is 0 Å². The summed E-state index contributed by atoms with van der Waals surface area (Å²) >= 11 is 18.9. The van der Waals surface area contributed by atoms with Crippen molar-refractivity contribution in [1.29, 1.82) is 0 Å². The first-order valence-corrected chi connectivity index (χ1v) is 12.8. The summed E-state index contributed by atoms with van der Waals surface area (Å²) in [5, 5.41) is 4.56. The minimum absolute atomic E-state index is 0.150. The van der Waals surface area contributed by atoms with Gasteiger partial charge < -0.3 is 10.2 Å². The van der Waals surface area contributed by atoms with Crippen LogP contribution in [0.2, 0.25) is 15.1 Å². The van der Waals surface area contributed by atoms with Crippen molar-refractivity contribution < 1.29 is 9.59 Å². The minimum atomic E-state index is -0.700. The van der Waals surface area contributed by atoms with Crippen LogP contribution in [0.4, 0.5) is 0 Å². The molecular weight excluding hydrogens is 503 g/mol. The number of hydrogen-bond donors (Lipinski definition) is 1. The summed E-state index contributed by atoms with van der Waals surface area (Å²) in [5.41, 5.74) is 2.58. The predicted octanol–water partition coefficient (Wildman–Crippen LogP) is 6.75. The molecule has 0 radical (unpaired) electrons. The van der Waals surface area contributed by atoms with Crippen LogP contribution in [0.25, 0.3) is 0 Å². The van der Waals surface area contributed by atoms with Gasteiger partial charge in [0.15, 0.2) is 0 Å². The highest BCUT2D eigenvalue weighted by atomic mass is 35.5. The summed E-state index contributed by atoms with van der Waals surface area (Å²) in [7, 11) is 0. The highest BCUT2D eigenvalue weighted by Gasteiger charge is 2.30. The number of carbonyl (C=O) groups excluding carboxylic acids is 2. The molecule has 3 rings (SSSR count). The molecule has 4 nitrogen and oxygen atoms in total. The zero-order valence-electron chi connectivity index (χ0n) is 19.6. The Kier molecular flexibility index (Phi) is 10.5. The van der Waals surface area contributed by atoms with E-state index in [0.717, 1.165) is 23.1 Å². The van der Waals surface area contributed by atoms with Crippen LogP contribution in [-0.4, -0.2) is 29.3 Å². The van der Waals surface area contributed by atoms with Crippen LogP contribution in [0.1, 0.15) is 36.5 Å². The molecule has 1 N–H and O–H groups in total. The van der Waals surface area contributed by atoms with Crippen molar-refractivity contribution in [3.8, 4) is 0 Å². The van der Waals surface area contributed by atoms with Gasteiger partial charge in [-0.15, -0.1) is 0 Å². The van der Waals surface area contributed by atoms with E-state index in [1.165, 1.54) is 0 Å². The van der Waals surface area contributed by atoms with E-state index in [0.29, 0.717) is 34.5 Å². The summed E-state index contributed by atoms with van der Waals surface area (Å²) in [6.45, 7) is 2.72. The van der Waals surface area contributed by atoms with Gasteiger partial charge in [-0.25, -0.2) is 0 Å². The number of nitrogens with one attached hydrogen (secondary N) is 1. The number of amides is 2. The van der Waals surface area contributed by atoms with E-state index < -0.39 is 6.04 Å². The molecule has 35 heavy (non-hydrogen) atoms. The first-order chi connectivity index (χ1) is 16.9. The van der Waals surface area contributed by atoms with Crippen molar-refractivity contribution in [3.63, 3.8) is 0 Å². The quantitative estimate of drug-likeness (QED) is 0.298. The van der Waals surface area contributed by atoms with Gasteiger partial charge in [-0.05, 0) is 47.7 Å². The Morgan fingerprint density at radius 1 is 0.886 bits per heavy atom. The molecule has 0 aliphatic carbocycles. The molecule has 1 atom stereocenters. The topological polar surface area (TPSA) is 49.4 Å². The van der Waals surface area contributed by atoms with Gasteiger partial charge in [-0.1, -0.05) is 96.3 Å². The Balaban J connectivity index is 1.93. The molecule has 0 heterocycles.